The second kappa shape index (κ2) is 9.80. The maximum Gasteiger partial charge on any atom is 0.225 e. The summed E-state index contributed by atoms with van der Waals surface area (Å²) < 4.78 is 0. The molecule has 4 rings (SSSR count). The van der Waals surface area contributed by atoms with Crippen molar-refractivity contribution in [3.8, 4) is 0 Å². The molecule has 4 aliphatic rings. The van der Waals surface area contributed by atoms with Gasteiger partial charge in [-0.1, -0.05) is 12.8 Å². The Kier molecular flexibility index (Phi) is 7.66. The summed E-state index contributed by atoms with van der Waals surface area (Å²) in [5.41, 5.74) is 0. The van der Waals surface area contributed by atoms with Crippen LogP contribution in [0.3, 0.4) is 0 Å². The summed E-state index contributed by atoms with van der Waals surface area (Å²) >= 11 is 0. The van der Waals surface area contributed by atoms with Gasteiger partial charge in [0.2, 0.25) is 11.8 Å². The van der Waals surface area contributed by atoms with E-state index in [1.165, 1.54) is 38.5 Å². The van der Waals surface area contributed by atoms with E-state index in [4.69, 9.17) is 0 Å². The minimum Gasteiger partial charge on any atom is -0.353 e. The summed E-state index contributed by atoms with van der Waals surface area (Å²) in [6.07, 6.45) is 14.3. The summed E-state index contributed by atoms with van der Waals surface area (Å²) in [6, 6.07) is 1.94. The zero-order chi connectivity index (χ0) is 18.8. The zero-order valence-corrected chi connectivity index (χ0v) is 18.1. The number of halogens is 1. The van der Waals surface area contributed by atoms with E-state index in [1.807, 2.05) is 7.05 Å². The van der Waals surface area contributed by atoms with Crippen LogP contribution in [0.5, 0.6) is 0 Å². The smallest absolute Gasteiger partial charge is 0.225 e. The molecule has 0 aromatic heterocycles. The van der Waals surface area contributed by atoms with E-state index in [0.717, 1.165) is 38.5 Å². The Morgan fingerprint density at radius 3 is 2.14 bits per heavy atom. The maximum absolute atomic E-state index is 13.0. The Morgan fingerprint density at radius 2 is 1.54 bits per heavy atom. The molecule has 160 valence electrons. The molecule has 5 nitrogen and oxygen atoms in total. The quantitative estimate of drug-likeness (QED) is 0.728. The average Bonchev–Trinajstić information content (AvgIpc) is 3.30. The van der Waals surface area contributed by atoms with Crippen LogP contribution < -0.4 is 10.6 Å². The number of nitrogens with zero attached hydrogens (tertiary/aromatic N) is 1. The lowest BCUT2D eigenvalue weighted by atomic mass is 9.84. The summed E-state index contributed by atoms with van der Waals surface area (Å²) in [5, 5.41) is 6.91. The molecular weight excluding hydrogens is 374 g/mol. The Labute approximate surface area is 176 Å². The number of carbonyl (C=O) groups is 2. The molecule has 2 heterocycles. The fourth-order valence-corrected chi connectivity index (χ4v) is 6.06. The number of piperidine rings is 1. The minimum atomic E-state index is 0. The molecule has 2 aliphatic heterocycles. The van der Waals surface area contributed by atoms with Crippen LogP contribution >= 0.6 is 12.4 Å². The van der Waals surface area contributed by atoms with Crippen molar-refractivity contribution in [2.75, 3.05) is 7.05 Å². The van der Waals surface area contributed by atoms with Crippen LogP contribution in [0.15, 0.2) is 0 Å². The number of rotatable bonds is 5. The monoisotopic (exact) mass is 411 g/mol. The van der Waals surface area contributed by atoms with Crippen molar-refractivity contribution in [2.24, 2.45) is 11.8 Å². The van der Waals surface area contributed by atoms with E-state index in [1.54, 1.807) is 0 Å². The van der Waals surface area contributed by atoms with Crippen molar-refractivity contribution >= 4 is 24.2 Å². The third kappa shape index (κ3) is 5.21. The van der Waals surface area contributed by atoms with E-state index in [0.29, 0.717) is 36.4 Å². The Morgan fingerprint density at radius 1 is 0.929 bits per heavy atom. The van der Waals surface area contributed by atoms with Crippen LogP contribution in [0.25, 0.3) is 0 Å². The molecule has 0 radical (unpaired) electrons. The lowest BCUT2D eigenvalue weighted by Crippen LogP contribution is -2.50. The highest BCUT2D eigenvalue weighted by atomic mass is 35.5. The first kappa shape index (κ1) is 21.9. The molecule has 0 aromatic carbocycles. The number of amides is 2. The molecule has 2 aliphatic carbocycles. The molecule has 2 saturated heterocycles. The standard InChI is InChI=1S/C22H37N3O2.ClH/c1-25(20-13-18-10-11-19(14-20)23-18)22(27)16-6-8-17(9-7-16)24-21(26)12-15-4-2-3-5-15;/h15-20,23H,2-14H2,1H3,(H,24,26);1H. The van der Waals surface area contributed by atoms with Crippen molar-refractivity contribution in [3.63, 3.8) is 0 Å². The van der Waals surface area contributed by atoms with Crippen LogP contribution in [-0.2, 0) is 9.59 Å². The molecule has 2 atom stereocenters. The highest BCUT2D eigenvalue weighted by molar-refractivity contribution is 5.85. The predicted molar refractivity (Wildman–Crippen MR) is 113 cm³/mol. The van der Waals surface area contributed by atoms with Crippen LogP contribution in [0.4, 0.5) is 0 Å². The van der Waals surface area contributed by atoms with Gasteiger partial charge < -0.3 is 15.5 Å². The van der Waals surface area contributed by atoms with Crippen molar-refractivity contribution in [1.82, 2.24) is 15.5 Å². The van der Waals surface area contributed by atoms with Crippen LogP contribution in [0.2, 0.25) is 0 Å². The summed E-state index contributed by atoms with van der Waals surface area (Å²) in [6.45, 7) is 0. The number of fused-ring (bicyclic) bond motifs is 2. The van der Waals surface area contributed by atoms with Crippen molar-refractivity contribution in [1.29, 1.82) is 0 Å². The maximum atomic E-state index is 13.0. The van der Waals surface area contributed by atoms with E-state index >= 15 is 0 Å². The highest BCUT2D eigenvalue weighted by Gasteiger charge is 2.38. The molecule has 28 heavy (non-hydrogen) atoms. The first-order valence-electron chi connectivity index (χ1n) is 11.4. The van der Waals surface area contributed by atoms with Crippen molar-refractivity contribution in [2.45, 2.75) is 108 Å². The topological polar surface area (TPSA) is 61.4 Å². The van der Waals surface area contributed by atoms with Crippen molar-refractivity contribution in [3.05, 3.63) is 0 Å². The molecule has 6 heteroatoms. The Balaban J connectivity index is 0.00000225. The van der Waals surface area contributed by atoms with E-state index < -0.39 is 0 Å². The number of carbonyl (C=O) groups excluding carboxylic acids is 2. The van der Waals surface area contributed by atoms with E-state index in [2.05, 4.69) is 15.5 Å². The van der Waals surface area contributed by atoms with Gasteiger partial charge >= 0.3 is 0 Å². The number of nitrogens with one attached hydrogen (secondary N) is 2. The van der Waals surface area contributed by atoms with Gasteiger partial charge in [-0.2, -0.15) is 0 Å². The lowest BCUT2D eigenvalue weighted by Gasteiger charge is -2.38. The van der Waals surface area contributed by atoms with Gasteiger partial charge in [0, 0.05) is 43.6 Å². The second-order valence-electron chi connectivity index (χ2n) is 9.68. The van der Waals surface area contributed by atoms with Gasteiger partial charge in [0.25, 0.3) is 0 Å². The van der Waals surface area contributed by atoms with Crippen LogP contribution in [0.1, 0.15) is 83.5 Å². The lowest BCUT2D eigenvalue weighted by molar-refractivity contribution is -0.138. The minimum absolute atomic E-state index is 0. The fraction of sp³-hybridized carbons (Fsp3) is 0.909. The van der Waals surface area contributed by atoms with Crippen LogP contribution in [-0.4, -0.2) is 47.9 Å². The third-order valence-corrected chi connectivity index (χ3v) is 7.73. The van der Waals surface area contributed by atoms with Crippen molar-refractivity contribution < 1.29 is 9.59 Å². The fourth-order valence-electron chi connectivity index (χ4n) is 6.06. The molecule has 0 aromatic rings. The van der Waals surface area contributed by atoms with E-state index in [-0.39, 0.29) is 30.3 Å². The Hall–Kier alpha value is -0.810. The highest BCUT2D eigenvalue weighted by Crippen LogP contribution is 2.32. The molecule has 2 saturated carbocycles. The first-order chi connectivity index (χ1) is 13.1. The molecule has 4 fully saturated rings. The van der Waals surface area contributed by atoms with Gasteiger partial charge in [-0.25, -0.2) is 0 Å². The van der Waals surface area contributed by atoms with Crippen LogP contribution in [0, 0.1) is 11.8 Å². The summed E-state index contributed by atoms with van der Waals surface area (Å²) in [4.78, 5) is 27.3. The molecule has 2 unspecified atom stereocenters. The van der Waals surface area contributed by atoms with E-state index in [9.17, 15) is 9.59 Å². The summed E-state index contributed by atoms with van der Waals surface area (Å²) in [5.74, 6) is 1.35. The molecule has 0 spiro atoms. The third-order valence-electron chi connectivity index (χ3n) is 7.73. The van der Waals surface area contributed by atoms with Gasteiger partial charge in [0.15, 0.2) is 0 Å². The number of hydrogen-bond donors (Lipinski definition) is 2. The largest absolute Gasteiger partial charge is 0.353 e. The molecule has 2 N–H and O–H groups in total. The first-order valence-corrected chi connectivity index (χ1v) is 11.4. The predicted octanol–water partition coefficient (Wildman–Crippen LogP) is 3.40. The second-order valence-corrected chi connectivity index (χ2v) is 9.68. The zero-order valence-electron chi connectivity index (χ0n) is 17.3. The van der Waals surface area contributed by atoms with Gasteiger partial charge in [0.05, 0.1) is 0 Å². The molecular formula is C22H38ClN3O2. The van der Waals surface area contributed by atoms with Gasteiger partial charge in [-0.05, 0) is 70.1 Å². The Bertz CT molecular complexity index is 532. The van der Waals surface area contributed by atoms with Gasteiger partial charge in [-0.3, -0.25) is 9.59 Å². The normalized spacial score (nSPS) is 35.2. The summed E-state index contributed by atoms with van der Waals surface area (Å²) in [7, 11) is 2.02. The average molecular weight is 412 g/mol. The molecule has 2 bridgehead atoms. The molecule has 2 amide bonds. The van der Waals surface area contributed by atoms with Gasteiger partial charge in [0.1, 0.15) is 0 Å². The number of hydrogen-bond acceptors (Lipinski definition) is 3. The van der Waals surface area contributed by atoms with Gasteiger partial charge in [-0.15, -0.1) is 12.4 Å². The SMILES string of the molecule is CN(C(=O)C1CCC(NC(=O)CC2CCCC2)CC1)C1CC2CCC(C1)N2.Cl.